The molecule has 2 fully saturated rings. The van der Waals surface area contributed by atoms with Gasteiger partial charge in [0.2, 0.25) is 0 Å². The van der Waals surface area contributed by atoms with Crippen molar-refractivity contribution in [3.8, 4) is 5.75 Å². The van der Waals surface area contributed by atoms with E-state index in [4.69, 9.17) is 9.47 Å². The second-order valence-corrected chi connectivity index (χ2v) is 10.4. The molecule has 0 unspecified atom stereocenters. The van der Waals surface area contributed by atoms with Crippen LogP contribution in [0.3, 0.4) is 0 Å². The fraction of sp³-hybridized carbons (Fsp3) is 0.516. The zero-order chi connectivity index (χ0) is 27.6. The van der Waals surface area contributed by atoms with Crippen LogP contribution in [-0.2, 0) is 9.53 Å². The highest BCUT2D eigenvalue weighted by Crippen LogP contribution is 2.29. The van der Waals surface area contributed by atoms with Crippen molar-refractivity contribution in [1.82, 2.24) is 5.32 Å². The van der Waals surface area contributed by atoms with E-state index in [0.717, 1.165) is 18.8 Å². The van der Waals surface area contributed by atoms with Crippen LogP contribution in [0.2, 0.25) is 0 Å². The Labute approximate surface area is 230 Å². The molecule has 1 N–H and O–H groups in total. The van der Waals surface area contributed by atoms with Crippen LogP contribution in [0.5, 0.6) is 5.75 Å². The first-order chi connectivity index (χ1) is 18.9. The van der Waals surface area contributed by atoms with E-state index in [1.54, 1.807) is 13.0 Å². The Balaban J connectivity index is 1.18. The number of piperidine rings is 1. The number of Topliss-reactive ketones (excluding diaryl/α,β-unsaturated/α-hetero) is 1. The number of halogens is 1. The predicted octanol–water partition coefficient (Wildman–Crippen LogP) is 5.71. The molecule has 2 aromatic rings. The summed E-state index contributed by atoms with van der Waals surface area (Å²) >= 11 is 0. The normalized spacial score (nSPS) is 19.3. The minimum Gasteiger partial charge on any atom is -0.490 e. The third kappa shape index (κ3) is 8.04. The lowest BCUT2D eigenvalue weighted by atomic mass is 9.87. The van der Waals surface area contributed by atoms with Gasteiger partial charge < -0.3 is 19.7 Å². The van der Waals surface area contributed by atoms with Crippen molar-refractivity contribution in [2.45, 2.75) is 70.8 Å². The van der Waals surface area contributed by atoms with Gasteiger partial charge in [-0.15, -0.1) is 0 Å². The highest BCUT2D eigenvalue weighted by atomic mass is 19.1. The van der Waals surface area contributed by atoms with Crippen molar-refractivity contribution in [2.75, 3.05) is 31.1 Å². The summed E-state index contributed by atoms with van der Waals surface area (Å²) in [5.74, 6) is -0.994. The summed E-state index contributed by atoms with van der Waals surface area (Å²) in [5, 5.41) is 2.84. The number of hydrogen-bond donors (Lipinski definition) is 1. The molecule has 0 aromatic heterocycles. The monoisotopic (exact) mass is 538 g/mol. The second-order valence-electron chi connectivity index (χ2n) is 10.4. The molecule has 2 aromatic carbocycles. The maximum absolute atomic E-state index is 14.7. The number of carbonyl (C=O) groups is 3. The lowest BCUT2D eigenvalue weighted by Gasteiger charge is -2.28. The topological polar surface area (TPSA) is 84.9 Å². The van der Waals surface area contributed by atoms with Crippen molar-refractivity contribution < 1.29 is 28.2 Å². The maximum atomic E-state index is 14.7. The van der Waals surface area contributed by atoms with Crippen molar-refractivity contribution >= 4 is 23.3 Å². The maximum Gasteiger partial charge on any atom is 0.308 e. The molecule has 1 saturated heterocycles. The standard InChI is InChI=1S/C31H39FN2O5/c1-2-38-31(37)23-10-14-25(15-11-23)39-26-16-17-27(28(32)21-26)29(35)7-6-18-33-30(36)22-8-12-24(13-9-22)34-19-4-3-5-20-34/h8-9,12-13,16-17,21,23,25H,2-7,10-11,14-15,18-20H2,1H3,(H,33,36). The number of nitrogens with one attached hydrogen (secondary N) is 1. The van der Waals surface area contributed by atoms with Crippen LogP contribution >= 0.6 is 0 Å². The zero-order valence-electron chi connectivity index (χ0n) is 22.8. The number of ketones is 1. The minimum atomic E-state index is -0.615. The van der Waals surface area contributed by atoms with Gasteiger partial charge in [-0.25, -0.2) is 4.39 Å². The van der Waals surface area contributed by atoms with Gasteiger partial charge in [-0.05, 0) is 94.7 Å². The number of amides is 1. The zero-order valence-corrected chi connectivity index (χ0v) is 22.8. The highest BCUT2D eigenvalue weighted by molar-refractivity contribution is 5.96. The van der Waals surface area contributed by atoms with E-state index in [2.05, 4.69) is 10.2 Å². The van der Waals surface area contributed by atoms with Gasteiger partial charge in [0.1, 0.15) is 11.6 Å². The lowest BCUT2D eigenvalue weighted by molar-refractivity contribution is -0.149. The second kappa shape index (κ2) is 14.1. The van der Waals surface area contributed by atoms with E-state index in [-0.39, 0.29) is 41.7 Å². The van der Waals surface area contributed by atoms with E-state index < -0.39 is 5.82 Å². The average Bonchev–Trinajstić information content (AvgIpc) is 2.96. The van der Waals surface area contributed by atoms with Gasteiger partial charge in [0, 0.05) is 43.4 Å². The molecule has 39 heavy (non-hydrogen) atoms. The van der Waals surface area contributed by atoms with Crippen LogP contribution in [0, 0.1) is 11.7 Å². The van der Waals surface area contributed by atoms with E-state index in [1.807, 2.05) is 24.3 Å². The largest absolute Gasteiger partial charge is 0.490 e. The molecule has 0 atom stereocenters. The number of anilines is 1. The first-order valence-electron chi connectivity index (χ1n) is 14.2. The van der Waals surface area contributed by atoms with Crippen LogP contribution in [-0.4, -0.2) is 50.0 Å². The van der Waals surface area contributed by atoms with Gasteiger partial charge in [-0.1, -0.05) is 0 Å². The van der Waals surface area contributed by atoms with Gasteiger partial charge in [0.15, 0.2) is 5.78 Å². The van der Waals surface area contributed by atoms with Gasteiger partial charge in [0.05, 0.1) is 24.2 Å². The predicted molar refractivity (Wildman–Crippen MR) is 148 cm³/mol. The smallest absolute Gasteiger partial charge is 0.308 e. The molecule has 1 heterocycles. The number of hydrogen-bond acceptors (Lipinski definition) is 6. The summed E-state index contributed by atoms with van der Waals surface area (Å²) in [7, 11) is 0. The Bertz CT molecular complexity index is 1120. The minimum absolute atomic E-state index is 0.0213. The van der Waals surface area contributed by atoms with Gasteiger partial charge in [-0.2, -0.15) is 0 Å². The van der Waals surface area contributed by atoms with Crippen molar-refractivity contribution in [3.05, 3.63) is 59.4 Å². The molecule has 1 aliphatic carbocycles. The summed E-state index contributed by atoms with van der Waals surface area (Å²) in [6.45, 7) is 4.60. The fourth-order valence-electron chi connectivity index (χ4n) is 5.33. The van der Waals surface area contributed by atoms with Crippen LogP contribution in [0.25, 0.3) is 0 Å². The molecular weight excluding hydrogens is 499 g/mol. The molecule has 2 aliphatic rings. The Morgan fingerprint density at radius 1 is 0.974 bits per heavy atom. The Hall–Kier alpha value is -3.42. The van der Waals surface area contributed by atoms with E-state index in [1.165, 1.54) is 31.4 Å². The summed E-state index contributed by atoms with van der Waals surface area (Å²) in [4.78, 5) is 39.3. The van der Waals surface area contributed by atoms with Gasteiger partial charge >= 0.3 is 5.97 Å². The van der Waals surface area contributed by atoms with E-state index >= 15 is 0 Å². The van der Waals surface area contributed by atoms with Gasteiger partial charge in [-0.3, -0.25) is 14.4 Å². The molecule has 4 rings (SSSR count). The molecule has 1 aliphatic heterocycles. The third-order valence-corrected chi connectivity index (χ3v) is 7.55. The van der Waals surface area contributed by atoms with Crippen LogP contribution < -0.4 is 15.0 Å². The molecule has 0 radical (unpaired) electrons. The summed E-state index contributed by atoms with van der Waals surface area (Å²) < 4.78 is 25.7. The van der Waals surface area contributed by atoms with Crippen molar-refractivity contribution in [1.29, 1.82) is 0 Å². The first-order valence-corrected chi connectivity index (χ1v) is 14.2. The summed E-state index contributed by atoms with van der Waals surface area (Å²) in [6.07, 6.45) is 6.87. The number of rotatable bonds is 11. The number of nitrogens with zero attached hydrogens (tertiary/aromatic N) is 1. The van der Waals surface area contributed by atoms with Crippen LogP contribution in [0.15, 0.2) is 42.5 Å². The molecule has 0 spiro atoms. The number of carbonyl (C=O) groups excluding carboxylic acids is 3. The van der Waals surface area contributed by atoms with Crippen molar-refractivity contribution in [2.24, 2.45) is 5.92 Å². The SMILES string of the molecule is CCOC(=O)C1CCC(Oc2ccc(C(=O)CCCNC(=O)c3ccc(N4CCCCC4)cc3)c(F)c2)CC1. The summed E-state index contributed by atoms with van der Waals surface area (Å²) in [5.41, 5.74) is 1.74. The molecule has 1 amide bonds. The van der Waals surface area contributed by atoms with E-state index in [9.17, 15) is 18.8 Å². The highest BCUT2D eigenvalue weighted by Gasteiger charge is 2.28. The quantitative estimate of drug-likeness (QED) is 0.224. The third-order valence-electron chi connectivity index (χ3n) is 7.55. The Kier molecular flexibility index (Phi) is 10.3. The van der Waals surface area contributed by atoms with Crippen molar-refractivity contribution in [3.63, 3.8) is 0 Å². The number of ether oxygens (including phenoxy) is 2. The molecule has 1 saturated carbocycles. The number of benzene rings is 2. The van der Waals surface area contributed by atoms with Crippen LogP contribution in [0.1, 0.15) is 85.4 Å². The molecule has 210 valence electrons. The molecule has 0 bridgehead atoms. The Morgan fingerprint density at radius 2 is 1.69 bits per heavy atom. The molecule has 8 heteroatoms. The van der Waals surface area contributed by atoms with Crippen LogP contribution in [0.4, 0.5) is 10.1 Å². The Morgan fingerprint density at radius 3 is 2.36 bits per heavy atom. The molecular formula is C31H39FN2O5. The summed E-state index contributed by atoms with van der Waals surface area (Å²) in [6, 6.07) is 11.9. The molecule has 7 nitrogen and oxygen atoms in total. The lowest BCUT2D eigenvalue weighted by Crippen LogP contribution is -2.29. The van der Waals surface area contributed by atoms with E-state index in [0.29, 0.717) is 56.6 Å². The van der Waals surface area contributed by atoms with Gasteiger partial charge in [0.25, 0.3) is 5.91 Å². The first kappa shape index (κ1) is 28.6. The average molecular weight is 539 g/mol. The fourth-order valence-corrected chi connectivity index (χ4v) is 5.33. The number of esters is 1.